The van der Waals surface area contributed by atoms with Crippen molar-refractivity contribution in [3.05, 3.63) is 163 Å². The quantitative estimate of drug-likeness (QED) is 0.185. The lowest BCUT2D eigenvalue weighted by atomic mass is 9.83. The average molecular weight is 594 g/mol. The molecule has 0 N–H and O–H groups in total. The Labute approximate surface area is 270 Å². The van der Waals surface area contributed by atoms with E-state index in [-0.39, 0.29) is 5.41 Å². The number of nitrogens with zero attached hydrogens (tertiary/aromatic N) is 1. The van der Waals surface area contributed by atoms with Crippen LogP contribution in [0.5, 0.6) is 0 Å². The maximum atomic E-state index is 6.60. The molecule has 0 saturated heterocycles. The van der Waals surface area contributed by atoms with Crippen molar-refractivity contribution in [1.82, 2.24) is 0 Å². The fourth-order valence-electron chi connectivity index (χ4n) is 6.80. The van der Waals surface area contributed by atoms with Gasteiger partial charge >= 0.3 is 0 Å². The van der Waals surface area contributed by atoms with Crippen molar-refractivity contribution in [3.63, 3.8) is 0 Å². The Balaban J connectivity index is 1.30. The van der Waals surface area contributed by atoms with E-state index in [2.05, 4.69) is 177 Å². The lowest BCUT2D eigenvalue weighted by molar-refractivity contribution is 0.568. The summed E-state index contributed by atoms with van der Waals surface area (Å²) in [5.41, 5.74) is 8.80. The maximum Gasteiger partial charge on any atom is 0.139 e. The van der Waals surface area contributed by atoms with Crippen molar-refractivity contribution < 1.29 is 4.42 Å². The lowest BCUT2D eigenvalue weighted by Gasteiger charge is -2.27. The summed E-state index contributed by atoms with van der Waals surface area (Å²) >= 11 is 0. The Kier molecular flexibility index (Phi) is 6.73. The second-order valence-corrected chi connectivity index (χ2v) is 13.0. The number of furan rings is 1. The second-order valence-electron chi connectivity index (χ2n) is 13.0. The number of para-hydroxylation sites is 1. The molecule has 7 aromatic carbocycles. The van der Waals surface area contributed by atoms with E-state index in [0.717, 1.165) is 34.0 Å². The highest BCUT2D eigenvalue weighted by Gasteiger charge is 2.26. The smallest absolute Gasteiger partial charge is 0.139 e. The first-order chi connectivity index (χ1) is 22.4. The molecule has 0 amide bonds. The maximum absolute atomic E-state index is 6.60. The van der Waals surface area contributed by atoms with Gasteiger partial charge in [0.1, 0.15) is 11.3 Å². The van der Waals surface area contributed by atoms with Crippen LogP contribution in [0.4, 0.5) is 17.1 Å². The predicted molar refractivity (Wildman–Crippen MR) is 195 cm³/mol. The molecule has 2 heteroatoms. The van der Waals surface area contributed by atoms with Crippen LogP contribution in [0, 0.1) is 0 Å². The van der Waals surface area contributed by atoms with Crippen molar-refractivity contribution >= 4 is 49.6 Å². The minimum Gasteiger partial charge on any atom is -0.456 e. The van der Waals surface area contributed by atoms with Gasteiger partial charge in [0.25, 0.3) is 0 Å². The van der Waals surface area contributed by atoms with Gasteiger partial charge < -0.3 is 9.32 Å². The van der Waals surface area contributed by atoms with Gasteiger partial charge in [-0.1, -0.05) is 136 Å². The molecule has 0 aliphatic carbocycles. The Morgan fingerprint density at radius 3 is 1.85 bits per heavy atom. The largest absolute Gasteiger partial charge is 0.456 e. The van der Waals surface area contributed by atoms with Gasteiger partial charge in [-0.25, -0.2) is 0 Å². The number of benzene rings is 7. The van der Waals surface area contributed by atoms with Gasteiger partial charge in [-0.3, -0.25) is 0 Å². The lowest BCUT2D eigenvalue weighted by Crippen LogP contribution is -2.12. The van der Waals surface area contributed by atoms with Crippen molar-refractivity contribution in [2.24, 2.45) is 0 Å². The Bertz CT molecular complexity index is 2340. The number of rotatable bonds is 5. The number of anilines is 3. The third-order valence-corrected chi connectivity index (χ3v) is 8.93. The molecule has 222 valence electrons. The Hall–Kier alpha value is -5.60. The van der Waals surface area contributed by atoms with Crippen molar-refractivity contribution in [1.29, 1.82) is 0 Å². The van der Waals surface area contributed by atoms with Crippen LogP contribution in [-0.4, -0.2) is 0 Å². The second kappa shape index (κ2) is 11.1. The van der Waals surface area contributed by atoms with Gasteiger partial charge in [-0.15, -0.1) is 0 Å². The summed E-state index contributed by atoms with van der Waals surface area (Å²) in [6.07, 6.45) is 0. The predicted octanol–water partition coefficient (Wildman–Crippen LogP) is 12.8. The van der Waals surface area contributed by atoms with Gasteiger partial charge in [-0.2, -0.15) is 0 Å². The van der Waals surface area contributed by atoms with Gasteiger partial charge in [-0.05, 0) is 80.6 Å². The van der Waals surface area contributed by atoms with Crippen LogP contribution in [0.2, 0.25) is 0 Å². The Morgan fingerprint density at radius 2 is 1.04 bits per heavy atom. The molecule has 0 bridgehead atoms. The van der Waals surface area contributed by atoms with Crippen molar-refractivity contribution in [2.75, 3.05) is 4.90 Å². The van der Waals surface area contributed by atoms with Crippen LogP contribution in [0.15, 0.2) is 162 Å². The van der Waals surface area contributed by atoms with Gasteiger partial charge in [0.15, 0.2) is 0 Å². The highest BCUT2D eigenvalue weighted by molar-refractivity contribution is 6.08. The molecule has 0 aliphatic heterocycles. The number of fused-ring (bicyclic) bond motifs is 4. The SMILES string of the molecule is CC(C)(C)c1c(-c2cccc(N(c3ccc(-c4ccccc4)cc3)c3ccc4c(ccc5ccccc54)c3)c2)oc2ccccc12. The third-order valence-electron chi connectivity index (χ3n) is 8.93. The molecule has 2 nitrogen and oxygen atoms in total. The average Bonchev–Trinajstić information content (AvgIpc) is 3.50. The molecule has 0 fully saturated rings. The van der Waals surface area contributed by atoms with E-state index < -0.39 is 0 Å². The Morgan fingerprint density at radius 1 is 0.435 bits per heavy atom. The van der Waals surface area contributed by atoms with Gasteiger partial charge in [0.2, 0.25) is 0 Å². The van der Waals surface area contributed by atoms with E-state index in [1.807, 2.05) is 6.07 Å². The summed E-state index contributed by atoms with van der Waals surface area (Å²) in [6.45, 7) is 6.78. The molecule has 0 radical (unpaired) electrons. The molecular formula is C44H35NO. The molecule has 0 unspecified atom stereocenters. The summed E-state index contributed by atoms with van der Waals surface area (Å²) in [5.74, 6) is 0.930. The van der Waals surface area contributed by atoms with Crippen LogP contribution in [0.3, 0.4) is 0 Å². The highest BCUT2D eigenvalue weighted by Crippen LogP contribution is 2.44. The zero-order valence-electron chi connectivity index (χ0n) is 26.4. The highest BCUT2D eigenvalue weighted by atomic mass is 16.3. The van der Waals surface area contributed by atoms with E-state index >= 15 is 0 Å². The van der Waals surface area contributed by atoms with E-state index in [1.165, 1.54) is 43.6 Å². The van der Waals surface area contributed by atoms with E-state index in [0.29, 0.717) is 0 Å². The van der Waals surface area contributed by atoms with Crippen LogP contribution in [-0.2, 0) is 5.41 Å². The fraction of sp³-hybridized carbons (Fsp3) is 0.0909. The first-order valence-corrected chi connectivity index (χ1v) is 15.9. The van der Waals surface area contributed by atoms with E-state index in [9.17, 15) is 0 Å². The first kappa shape index (κ1) is 27.9. The van der Waals surface area contributed by atoms with Crippen LogP contribution >= 0.6 is 0 Å². The normalized spacial score (nSPS) is 11.8. The minimum absolute atomic E-state index is 0.0913. The topological polar surface area (TPSA) is 16.4 Å². The zero-order chi connectivity index (χ0) is 31.3. The summed E-state index contributed by atoms with van der Waals surface area (Å²) < 4.78 is 6.60. The fourth-order valence-corrected chi connectivity index (χ4v) is 6.80. The molecule has 8 rings (SSSR count). The molecule has 1 aromatic heterocycles. The molecule has 46 heavy (non-hydrogen) atoms. The number of hydrogen-bond donors (Lipinski definition) is 0. The number of hydrogen-bond acceptors (Lipinski definition) is 2. The molecule has 0 aliphatic rings. The first-order valence-electron chi connectivity index (χ1n) is 15.9. The standard InChI is InChI=1S/C44H35NO/c1-44(2,3)42-40-18-9-10-19-41(40)46-43(42)34-15-11-16-36(29-34)45(35-24-22-31(23-25-35)30-12-5-4-6-13-30)37-26-27-39-33(28-37)21-20-32-14-7-8-17-38(32)39/h4-29H,1-3H3. The third kappa shape index (κ3) is 4.93. The monoisotopic (exact) mass is 593 g/mol. The van der Waals surface area contributed by atoms with Crippen molar-refractivity contribution in [2.45, 2.75) is 26.2 Å². The zero-order valence-corrected chi connectivity index (χ0v) is 26.4. The van der Waals surface area contributed by atoms with Crippen LogP contribution in [0.1, 0.15) is 26.3 Å². The summed E-state index contributed by atoms with van der Waals surface area (Å²) in [7, 11) is 0. The summed E-state index contributed by atoms with van der Waals surface area (Å²) in [6, 6.07) is 56.4. The van der Waals surface area contributed by atoms with E-state index in [4.69, 9.17) is 4.42 Å². The molecular weight excluding hydrogens is 558 g/mol. The minimum atomic E-state index is -0.0913. The molecule has 1 heterocycles. The van der Waals surface area contributed by atoms with Crippen LogP contribution in [0.25, 0.3) is 55.0 Å². The van der Waals surface area contributed by atoms with Gasteiger partial charge in [0.05, 0.1) is 0 Å². The van der Waals surface area contributed by atoms with Crippen molar-refractivity contribution in [3.8, 4) is 22.5 Å². The summed E-state index contributed by atoms with van der Waals surface area (Å²) in [4.78, 5) is 2.35. The molecule has 0 spiro atoms. The van der Waals surface area contributed by atoms with E-state index in [1.54, 1.807) is 0 Å². The van der Waals surface area contributed by atoms with Crippen LogP contribution < -0.4 is 4.90 Å². The van der Waals surface area contributed by atoms with Gasteiger partial charge in [0, 0.05) is 33.6 Å². The molecule has 8 aromatic rings. The molecule has 0 saturated carbocycles. The summed E-state index contributed by atoms with van der Waals surface area (Å²) in [5, 5.41) is 6.17. The molecule has 0 atom stereocenters.